The Bertz CT molecular complexity index is 1190. The van der Waals surface area contributed by atoms with Gasteiger partial charge in [-0.2, -0.15) is 8.42 Å². The first-order valence-corrected chi connectivity index (χ1v) is 10.1. The first-order valence-electron chi connectivity index (χ1n) is 7.47. The summed E-state index contributed by atoms with van der Waals surface area (Å²) in [6.45, 7) is 0. The zero-order chi connectivity index (χ0) is 18.3. The number of rotatable bonds is 4. The lowest BCUT2D eigenvalue weighted by Crippen LogP contribution is -2.15. The van der Waals surface area contributed by atoms with Gasteiger partial charge >= 0.3 is 0 Å². The van der Waals surface area contributed by atoms with E-state index in [1.807, 2.05) is 0 Å². The second kappa shape index (κ2) is 6.15. The molecule has 0 aliphatic heterocycles. The number of nitrogen functional groups attached to an aromatic ring is 1. The first kappa shape index (κ1) is 16.6. The molecule has 0 fully saturated rings. The van der Waals surface area contributed by atoms with Gasteiger partial charge in [-0.3, -0.25) is 0 Å². The lowest BCUT2D eigenvalue weighted by atomic mass is 10.2. The molecular weight excluding hydrogens is 374 g/mol. The number of benzene rings is 1. The number of fused-ring (bicyclic) bond motifs is 1. The predicted molar refractivity (Wildman–Crippen MR) is 98.2 cm³/mol. The fourth-order valence-electron chi connectivity index (χ4n) is 2.54. The average Bonchev–Trinajstić information content (AvgIpc) is 3.30. The molecule has 4 rings (SSSR count). The van der Waals surface area contributed by atoms with E-state index in [4.69, 9.17) is 10.2 Å². The van der Waals surface area contributed by atoms with E-state index in [9.17, 15) is 8.42 Å². The molecule has 2 N–H and O–H groups in total. The Labute approximate surface area is 153 Å². The minimum Gasteiger partial charge on any atom is -0.463 e. The molecule has 0 saturated heterocycles. The number of nitrogens with two attached hydrogens (primary N) is 1. The minimum absolute atomic E-state index is 0.0126. The summed E-state index contributed by atoms with van der Waals surface area (Å²) in [5.41, 5.74) is 6.53. The molecule has 0 amide bonds. The lowest BCUT2D eigenvalue weighted by Gasteiger charge is -2.06. The molecule has 0 radical (unpaired) electrons. The number of nitrogens with zero attached hydrogens (tertiary/aromatic N) is 4. The average molecular weight is 387 g/mol. The van der Waals surface area contributed by atoms with Crippen LogP contribution in [0.25, 0.3) is 22.5 Å². The highest BCUT2D eigenvalue weighted by Gasteiger charge is 2.27. The number of hydrogen-bond donors (Lipinski definition) is 1. The van der Waals surface area contributed by atoms with Crippen LogP contribution in [0.4, 0.5) is 5.82 Å². The van der Waals surface area contributed by atoms with Gasteiger partial charge in [-0.25, -0.2) is 9.97 Å². The van der Waals surface area contributed by atoms with Crippen LogP contribution in [0.1, 0.15) is 0 Å². The van der Waals surface area contributed by atoms with Crippen molar-refractivity contribution in [1.29, 1.82) is 0 Å². The van der Waals surface area contributed by atoms with E-state index in [-0.39, 0.29) is 16.4 Å². The second-order valence-corrected chi connectivity index (χ2v) is 7.82. The summed E-state index contributed by atoms with van der Waals surface area (Å²) in [6.07, 6.45) is 3.30. The van der Waals surface area contributed by atoms with Crippen molar-refractivity contribution in [2.24, 2.45) is 0 Å². The van der Waals surface area contributed by atoms with Gasteiger partial charge in [-0.15, -0.1) is 9.19 Å². The van der Waals surface area contributed by atoms with Crippen LogP contribution in [0.3, 0.4) is 0 Å². The molecule has 1 aromatic carbocycles. The third-order valence-electron chi connectivity index (χ3n) is 3.71. The summed E-state index contributed by atoms with van der Waals surface area (Å²) in [7, 11) is -3.96. The highest BCUT2D eigenvalue weighted by Crippen LogP contribution is 2.33. The van der Waals surface area contributed by atoms with Crippen LogP contribution in [0.5, 0.6) is 0 Å². The van der Waals surface area contributed by atoms with E-state index < -0.39 is 10.0 Å². The van der Waals surface area contributed by atoms with Gasteiger partial charge in [0.15, 0.2) is 22.4 Å². The van der Waals surface area contributed by atoms with E-state index in [1.54, 1.807) is 36.6 Å². The summed E-state index contributed by atoms with van der Waals surface area (Å²) in [6, 6.07) is 11.4. The third kappa shape index (κ3) is 2.54. The van der Waals surface area contributed by atoms with Gasteiger partial charge in [0.05, 0.1) is 16.5 Å². The second-order valence-electron chi connectivity index (χ2n) is 5.28. The normalized spacial score (nSPS) is 11.9. The van der Waals surface area contributed by atoms with Crippen LogP contribution >= 0.6 is 11.8 Å². The molecule has 0 aliphatic rings. The Balaban J connectivity index is 2.06. The van der Waals surface area contributed by atoms with Crippen molar-refractivity contribution < 1.29 is 12.8 Å². The molecule has 0 spiro atoms. The number of thioether (sulfide) groups is 1. The van der Waals surface area contributed by atoms with Crippen molar-refractivity contribution in [3.63, 3.8) is 0 Å². The summed E-state index contributed by atoms with van der Waals surface area (Å²) >= 11 is 1.28. The molecule has 3 aromatic heterocycles. The Morgan fingerprint density at radius 1 is 1.12 bits per heavy atom. The molecule has 4 aromatic rings. The zero-order valence-electron chi connectivity index (χ0n) is 13.5. The largest absolute Gasteiger partial charge is 0.463 e. The standard InChI is InChI=1S/C16H13N5O3S2/c1-25-16-18-13(11-8-5-9-24-11)12-14(17)20-21(15(12)19-16)26(22,23)10-6-3-2-4-7-10/h2-9H,1H3,(H2,17,20). The maximum Gasteiger partial charge on any atom is 0.285 e. The van der Waals surface area contributed by atoms with Crippen LogP contribution in [0.15, 0.2) is 63.2 Å². The smallest absolute Gasteiger partial charge is 0.285 e. The Morgan fingerprint density at radius 2 is 1.88 bits per heavy atom. The maximum atomic E-state index is 13.0. The van der Waals surface area contributed by atoms with Gasteiger partial charge < -0.3 is 10.2 Å². The molecule has 10 heteroatoms. The summed E-state index contributed by atoms with van der Waals surface area (Å²) < 4.78 is 32.3. The van der Waals surface area contributed by atoms with Crippen molar-refractivity contribution in [2.45, 2.75) is 10.1 Å². The van der Waals surface area contributed by atoms with Crippen molar-refractivity contribution >= 4 is 38.6 Å². The van der Waals surface area contributed by atoms with Gasteiger partial charge in [0, 0.05) is 0 Å². The van der Waals surface area contributed by atoms with Crippen LogP contribution in [-0.2, 0) is 10.0 Å². The van der Waals surface area contributed by atoms with E-state index in [2.05, 4.69) is 15.1 Å². The number of anilines is 1. The minimum atomic E-state index is -3.96. The van der Waals surface area contributed by atoms with Crippen LogP contribution in [0, 0.1) is 0 Å². The molecule has 0 bridgehead atoms. The summed E-state index contributed by atoms with van der Waals surface area (Å²) in [5.74, 6) is 0.467. The topological polar surface area (TPSA) is 117 Å². The molecule has 0 aliphatic carbocycles. The highest BCUT2D eigenvalue weighted by atomic mass is 32.2. The number of aromatic nitrogens is 4. The predicted octanol–water partition coefficient (Wildman–Crippen LogP) is 2.63. The van der Waals surface area contributed by atoms with Gasteiger partial charge in [0.1, 0.15) is 5.69 Å². The molecule has 132 valence electrons. The Kier molecular flexibility index (Phi) is 3.93. The molecule has 0 unspecified atom stereocenters. The zero-order valence-corrected chi connectivity index (χ0v) is 15.2. The van der Waals surface area contributed by atoms with Crippen LogP contribution in [0.2, 0.25) is 0 Å². The highest BCUT2D eigenvalue weighted by molar-refractivity contribution is 7.98. The first-order chi connectivity index (χ1) is 12.5. The molecule has 26 heavy (non-hydrogen) atoms. The fraction of sp³-hybridized carbons (Fsp3) is 0.0625. The van der Waals surface area contributed by atoms with Gasteiger partial charge in [0.2, 0.25) is 0 Å². The van der Waals surface area contributed by atoms with Crippen molar-refractivity contribution in [1.82, 2.24) is 19.2 Å². The summed E-state index contributed by atoms with van der Waals surface area (Å²) in [4.78, 5) is 8.84. The van der Waals surface area contributed by atoms with Gasteiger partial charge in [0.25, 0.3) is 10.0 Å². The SMILES string of the molecule is CSc1nc(-c2ccco2)c2c(N)nn(S(=O)(=O)c3ccccc3)c2n1. The Morgan fingerprint density at radius 3 is 2.54 bits per heavy atom. The molecular formula is C16H13N5O3S2. The molecule has 0 atom stereocenters. The van der Waals surface area contributed by atoms with E-state index in [0.717, 1.165) is 4.09 Å². The third-order valence-corrected chi connectivity index (χ3v) is 5.84. The van der Waals surface area contributed by atoms with E-state index in [0.29, 0.717) is 22.0 Å². The van der Waals surface area contributed by atoms with Gasteiger partial charge in [-0.1, -0.05) is 30.0 Å². The van der Waals surface area contributed by atoms with Crippen LogP contribution in [-0.4, -0.2) is 33.8 Å². The molecule has 0 saturated carbocycles. The lowest BCUT2D eigenvalue weighted by molar-refractivity contribution is 0.578. The van der Waals surface area contributed by atoms with E-state index >= 15 is 0 Å². The summed E-state index contributed by atoms with van der Waals surface area (Å²) in [5, 5.41) is 4.75. The molecule has 8 nitrogen and oxygen atoms in total. The van der Waals surface area contributed by atoms with E-state index in [1.165, 1.54) is 30.2 Å². The number of furan rings is 1. The quantitative estimate of drug-likeness (QED) is 0.419. The number of hydrogen-bond acceptors (Lipinski definition) is 8. The molecule has 3 heterocycles. The van der Waals surface area contributed by atoms with Crippen molar-refractivity contribution in [3.05, 3.63) is 48.7 Å². The van der Waals surface area contributed by atoms with Crippen molar-refractivity contribution in [2.75, 3.05) is 12.0 Å². The maximum absolute atomic E-state index is 13.0. The van der Waals surface area contributed by atoms with Crippen molar-refractivity contribution in [3.8, 4) is 11.5 Å². The monoisotopic (exact) mass is 387 g/mol. The van der Waals surface area contributed by atoms with Gasteiger partial charge in [-0.05, 0) is 30.5 Å². The fourth-order valence-corrected chi connectivity index (χ4v) is 4.16. The Hall–Kier alpha value is -2.85. The van der Waals surface area contributed by atoms with Crippen LogP contribution < -0.4 is 5.73 Å².